The maximum absolute atomic E-state index is 5.73. The molecule has 1 fully saturated rings. The molecular formula is C13H18N2OS. The Labute approximate surface area is 107 Å². The summed E-state index contributed by atoms with van der Waals surface area (Å²) >= 11 is 5.07. The molecule has 0 aliphatic carbocycles. The molecule has 0 radical (unpaired) electrons. The topological polar surface area (TPSA) is 47.3 Å². The summed E-state index contributed by atoms with van der Waals surface area (Å²) in [6, 6.07) is 6.42. The van der Waals surface area contributed by atoms with Gasteiger partial charge in [-0.05, 0) is 38.0 Å². The zero-order valence-electron chi connectivity index (χ0n) is 10.2. The Bertz CT molecular complexity index is 433. The van der Waals surface area contributed by atoms with E-state index in [2.05, 4.69) is 25.2 Å². The van der Waals surface area contributed by atoms with Crippen molar-refractivity contribution in [2.24, 2.45) is 5.73 Å². The van der Waals surface area contributed by atoms with Gasteiger partial charge < -0.3 is 15.8 Å². The minimum Gasteiger partial charge on any atom is -0.389 e. The highest BCUT2D eigenvalue weighted by atomic mass is 32.1. The van der Waals surface area contributed by atoms with Gasteiger partial charge in [-0.3, -0.25) is 0 Å². The Morgan fingerprint density at radius 3 is 2.88 bits per heavy atom. The average molecular weight is 250 g/mol. The number of hydrogen-bond acceptors (Lipinski definition) is 3. The first-order valence-electron chi connectivity index (χ1n) is 5.86. The fourth-order valence-electron chi connectivity index (χ4n) is 2.11. The van der Waals surface area contributed by atoms with Crippen LogP contribution in [0.25, 0.3) is 0 Å². The number of hydrogen-bond donors (Lipinski definition) is 2. The van der Waals surface area contributed by atoms with E-state index in [-0.39, 0.29) is 6.10 Å². The van der Waals surface area contributed by atoms with Gasteiger partial charge in [0.1, 0.15) is 4.99 Å². The largest absolute Gasteiger partial charge is 0.389 e. The number of nitrogens with one attached hydrogen (secondary N) is 1. The van der Waals surface area contributed by atoms with Crippen molar-refractivity contribution in [2.45, 2.75) is 32.4 Å². The van der Waals surface area contributed by atoms with Crippen LogP contribution in [0.2, 0.25) is 0 Å². The van der Waals surface area contributed by atoms with Crippen LogP contribution in [0.3, 0.4) is 0 Å². The molecule has 3 nitrogen and oxygen atoms in total. The molecular weight excluding hydrogens is 232 g/mol. The molecule has 1 aliphatic rings. The predicted octanol–water partition coefficient (Wildman–Crippen LogP) is 2.22. The molecule has 1 aromatic carbocycles. The molecule has 0 saturated carbocycles. The van der Waals surface area contributed by atoms with Gasteiger partial charge >= 0.3 is 0 Å². The van der Waals surface area contributed by atoms with Crippen molar-refractivity contribution in [3.05, 3.63) is 29.3 Å². The molecule has 92 valence electrons. The summed E-state index contributed by atoms with van der Waals surface area (Å²) in [5.74, 6) is 0. The lowest BCUT2D eigenvalue weighted by atomic mass is 10.1. The lowest BCUT2D eigenvalue weighted by Crippen LogP contribution is -2.28. The Morgan fingerprint density at radius 2 is 2.29 bits per heavy atom. The van der Waals surface area contributed by atoms with Gasteiger partial charge in [-0.25, -0.2) is 0 Å². The smallest absolute Gasteiger partial charge is 0.106 e. The van der Waals surface area contributed by atoms with E-state index in [1.54, 1.807) is 0 Å². The molecule has 17 heavy (non-hydrogen) atoms. The Kier molecular flexibility index (Phi) is 3.64. The second kappa shape index (κ2) is 5.02. The minimum atomic E-state index is 0.231. The number of rotatable bonds is 3. The van der Waals surface area contributed by atoms with Gasteiger partial charge in [0, 0.05) is 17.9 Å². The maximum atomic E-state index is 5.73. The van der Waals surface area contributed by atoms with E-state index in [0.717, 1.165) is 24.3 Å². The second-order valence-corrected chi connectivity index (χ2v) is 4.97. The first-order chi connectivity index (χ1) is 8.08. The van der Waals surface area contributed by atoms with Crippen molar-refractivity contribution >= 4 is 22.9 Å². The number of benzene rings is 1. The predicted molar refractivity (Wildman–Crippen MR) is 74.5 cm³/mol. The lowest BCUT2D eigenvalue weighted by molar-refractivity contribution is 0.121. The van der Waals surface area contributed by atoms with Crippen LogP contribution in [-0.4, -0.2) is 23.7 Å². The highest BCUT2D eigenvalue weighted by Crippen LogP contribution is 2.23. The van der Waals surface area contributed by atoms with Crippen LogP contribution in [0, 0.1) is 6.92 Å². The van der Waals surface area contributed by atoms with Crippen molar-refractivity contribution in [1.82, 2.24) is 0 Å². The standard InChI is InChI=1S/C13H18N2OS/c1-8-3-4-10(13(14)17)12(7-8)15-11-5-6-16-9(11)2/h3-4,7,9,11,15H,5-6H2,1-2H3,(H2,14,17). The molecule has 0 bridgehead atoms. The van der Waals surface area contributed by atoms with Gasteiger partial charge in [-0.2, -0.15) is 0 Å². The van der Waals surface area contributed by atoms with Gasteiger partial charge in [0.15, 0.2) is 0 Å². The van der Waals surface area contributed by atoms with Gasteiger partial charge in [0.25, 0.3) is 0 Å². The summed E-state index contributed by atoms with van der Waals surface area (Å²) in [5.41, 5.74) is 8.85. The Hall–Kier alpha value is -1.13. The van der Waals surface area contributed by atoms with Crippen LogP contribution in [0.4, 0.5) is 5.69 Å². The Balaban J connectivity index is 2.24. The summed E-state index contributed by atoms with van der Waals surface area (Å²) in [6.07, 6.45) is 1.25. The summed E-state index contributed by atoms with van der Waals surface area (Å²) in [5, 5.41) is 3.49. The second-order valence-electron chi connectivity index (χ2n) is 4.53. The van der Waals surface area contributed by atoms with Crippen LogP contribution in [0.15, 0.2) is 18.2 Å². The van der Waals surface area contributed by atoms with E-state index < -0.39 is 0 Å². The number of anilines is 1. The molecule has 1 aliphatic heterocycles. The monoisotopic (exact) mass is 250 g/mol. The molecule has 0 spiro atoms. The molecule has 4 heteroatoms. The zero-order valence-corrected chi connectivity index (χ0v) is 11.0. The molecule has 1 aromatic rings. The van der Waals surface area contributed by atoms with E-state index in [1.165, 1.54) is 5.56 Å². The average Bonchev–Trinajstić information content (AvgIpc) is 2.64. The van der Waals surface area contributed by atoms with E-state index in [1.807, 2.05) is 12.1 Å². The molecule has 2 rings (SSSR count). The number of thiocarbonyl (C=S) groups is 1. The summed E-state index contributed by atoms with van der Waals surface area (Å²) in [6.45, 7) is 4.96. The van der Waals surface area contributed by atoms with Crippen molar-refractivity contribution in [3.8, 4) is 0 Å². The fraction of sp³-hybridized carbons (Fsp3) is 0.462. The highest BCUT2D eigenvalue weighted by molar-refractivity contribution is 7.80. The minimum absolute atomic E-state index is 0.231. The third-order valence-corrected chi connectivity index (χ3v) is 3.38. The quantitative estimate of drug-likeness (QED) is 0.808. The molecule has 2 atom stereocenters. The summed E-state index contributed by atoms with van der Waals surface area (Å²) < 4.78 is 5.54. The van der Waals surface area contributed by atoms with E-state index >= 15 is 0 Å². The van der Waals surface area contributed by atoms with Crippen LogP contribution in [0.5, 0.6) is 0 Å². The summed E-state index contributed by atoms with van der Waals surface area (Å²) in [7, 11) is 0. The summed E-state index contributed by atoms with van der Waals surface area (Å²) in [4.78, 5) is 0.430. The SMILES string of the molecule is Cc1ccc(C(N)=S)c(NC2CCOC2C)c1. The van der Waals surface area contributed by atoms with Crippen molar-refractivity contribution in [3.63, 3.8) is 0 Å². The van der Waals surface area contributed by atoms with Crippen LogP contribution >= 0.6 is 12.2 Å². The first kappa shape index (κ1) is 12.3. The third-order valence-electron chi connectivity index (χ3n) is 3.16. The molecule has 0 aromatic heterocycles. The van der Waals surface area contributed by atoms with Crippen LogP contribution in [0.1, 0.15) is 24.5 Å². The van der Waals surface area contributed by atoms with E-state index in [0.29, 0.717) is 11.0 Å². The van der Waals surface area contributed by atoms with Gasteiger partial charge in [-0.1, -0.05) is 18.3 Å². The maximum Gasteiger partial charge on any atom is 0.106 e. The van der Waals surface area contributed by atoms with Gasteiger partial charge in [0.2, 0.25) is 0 Å². The van der Waals surface area contributed by atoms with Crippen molar-refractivity contribution in [1.29, 1.82) is 0 Å². The normalized spacial score (nSPS) is 23.6. The third kappa shape index (κ3) is 2.76. The lowest BCUT2D eigenvalue weighted by Gasteiger charge is -2.20. The Morgan fingerprint density at radius 1 is 1.53 bits per heavy atom. The van der Waals surface area contributed by atoms with E-state index in [4.69, 9.17) is 22.7 Å². The molecule has 1 heterocycles. The molecule has 0 amide bonds. The first-order valence-corrected chi connectivity index (χ1v) is 6.27. The van der Waals surface area contributed by atoms with E-state index in [9.17, 15) is 0 Å². The van der Waals surface area contributed by atoms with Crippen LogP contribution < -0.4 is 11.1 Å². The number of nitrogens with two attached hydrogens (primary N) is 1. The number of aryl methyl sites for hydroxylation is 1. The van der Waals surface area contributed by atoms with Gasteiger partial charge in [0.05, 0.1) is 12.1 Å². The van der Waals surface area contributed by atoms with Crippen molar-refractivity contribution in [2.75, 3.05) is 11.9 Å². The van der Waals surface area contributed by atoms with Gasteiger partial charge in [-0.15, -0.1) is 0 Å². The molecule has 2 unspecified atom stereocenters. The fourth-order valence-corrected chi connectivity index (χ4v) is 2.29. The zero-order chi connectivity index (χ0) is 12.4. The van der Waals surface area contributed by atoms with Crippen LogP contribution in [-0.2, 0) is 4.74 Å². The highest BCUT2D eigenvalue weighted by Gasteiger charge is 2.24. The molecule has 1 saturated heterocycles. The number of ether oxygens (including phenoxy) is 1. The molecule has 3 N–H and O–H groups in total. The van der Waals surface area contributed by atoms with Crippen molar-refractivity contribution < 1.29 is 4.74 Å².